The van der Waals surface area contributed by atoms with E-state index in [0.717, 1.165) is 25.1 Å². The van der Waals surface area contributed by atoms with Gasteiger partial charge in [0, 0.05) is 6.42 Å². The number of piperidine rings is 1. The highest BCUT2D eigenvalue weighted by molar-refractivity contribution is 5.76. The van der Waals surface area contributed by atoms with E-state index in [1.807, 2.05) is 30.3 Å². The van der Waals surface area contributed by atoms with Crippen LogP contribution in [0.25, 0.3) is 0 Å². The summed E-state index contributed by atoms with van der Waals surface area (Å²) in [6.07, 6.45) is 3.87. The van der Waals surface area contributed by atoms with Gasteiger partial charge in [0.25, 0.3) is 0 Å². The number of nitrogens with one attached hydrogen (secondary N) is 2. The van der Waals surface area contributed by atoms with E-state index in [1.165, 1.54) is 12.8 Å². The summed E-state index contributed by atoms with van der Waals surface area (Å²) in [5.41, 5.74) is 0.947. The highest BCUT2D eigenvalue weighted by Crippen LogP contribution is 2.17. The predicted molar refractivity (Wildman–Crippen MR) is 79.2 cm³/mol. The summed E-state index contributed by atoms with van der Waals surface area (Å²) in [5, 5.41) is 15.7. The highest BCUT2D eigenvalue weighted by Gasteiger charge is 2.17. The molecule has 1 fully saturated rings. The molecular formula is C16H24N2O2. The largest absolute Gasteiger partial charge is 0.394 e. The Balaban J connectivity index is 1.77. The number of aliphatic hydroxyl groups is 1. The molecule has 0 radical (unpaired) electrons. The van der Waals surface area contributed by atoms with Crippen molar-refractivity contribution in [1.82, 2.24) is 10.6 Å². The third-order valence-corrected chi connectivity index (χ3v) is 3.90. The van der Waals surface area contributed by atoms with Gasteiger partial charge in [-0.15, -0.1) is 0 Å². The fourth-order valence-corrected chi connectivity index (χ4v) is 2.69. The Morgan fingerprint density at radius 1 is 1.40 bits per heavy atom. The van der Waals surface area contributed by atoms with E-state index >= 15 is 0 Å². The van der Waals surface area contributed by atoms with Crippen LogP contribution in [0.4, 0.5) is 0 Å². The molecule has 2 atom stereocenters. The molecule has 20 heavy (non-hydrogen) atoms. The zero-order valence-corrected chi connectivity index (χ0v) is 11.8. The van der Waals surface area contributed by atoms with Gasteiger partial charge in [-0.2, -0.15) is 0 Å². The fraction of sp³-hybridized carbons (Fsp3) is 0.562. The average Bonchev–Trinajstić information content (AvgIpc) is 2.52. The zero-order chi connectivity index (χ0) is 14.2. The molecule has 1 aliphatic heterocycles. The smallest absolute Gasteiger partial charge is 0.220 e. The van der Waals surface area contributed by atoms with Gasteiger partial charge in [-0.25, -0.2) is 0 Å². The summed E-state index contributed by atoms with van der Waals surface area (Å²) >= 11 is 0. The van der Waals surface area contributed by atoms with Crippen molar-refractivity contribution in [3.8, 4) is 0 Å². The van der Waals surface area contributed by atoms with Crippen molar-refractivity contribution in [3.63, 3.8) is 0 Å². The van der Waals surface area contributed by atoms with Gasteiger partial charge < -0.3 is 15.7 Å². The van der Waals surface area contributed by atoms with Crippen LogP contribution >= 0.6 is 0 Å². The first-order valence-corrected chi connectivity index (χ1v) is 7.45. The van der Waals surface area contributed by atoms with Gasteiger partial charge in [0.05, 0.1) is 12.6 Å². The molecule has 1 aromatic rings. The lowest BCUT2D eigenvalue weighted by atomic mass is 9.94. The Kier molecular flexibility index (Phi) is 6.02. The Labute approximate surface area is 120 Å². The molecule has 1 aliphatic rings. The summed E-state index contributed by atoms with van der Waals surface area (Å²) in [7, 11) is 0. The number of hydrogen-bond acceptors (Lipinski definition) is 3. The second-order valence-electron chi connectivity index (χ2n) is 5.46. The Bertz CT molecular complexity index is 402. The second kappa shape index (κ2) is 8.02. The molecule has 110 valence electrons. The van der Waals surface area contributed by atoms with E-state index in [2.05, 4.69) is 10.6 Å². The molecule has 2 rings (SSSR count). The van der Waals surface area contributed by atoms with Crippen LogP contribution in [0.1, 0.15) is 37.3 Å². The molecule has 0 aromatic heterocycles. The molecule has 2 unspecified atom stereocenters. The Hall–Kier alpha value is -1.39. The number of aliphatic hydroxyl groups excluding tert-OH is 1. The highest BCUT2D eigenvalue weighted by atomic mass is 16.3. The van der Waals surface area contributed by atoms with Gasteiger partial charge in [0.15, 0.2) is 0 Å². The number of carbonyl (C=O) groups excluding carboxylic acids is 1. The minimum Gasteiger partial charge on any atom is -0.394 e. The van der Waals surface area contributed by atoms with Gasteiger partial charge in [-0.1, -0.05) is 30.3 Å². The number of carbonyl (C=O) groups is 1. The third-order valence-electron chi connectivity index (χ3n) is 3.90. The standard InChI is InChI=1S/C16H24N2O2/c19-12-15(14-6-2-1-3-7-14)18-16(20)9-8-13-5-4-10-17-11-13/h1-3,6-7,13,15,17,19H,4-5,8-12H2,(H,18,20). The number of benzene rings is 1. The van der Waals surface area contributed by atoms with Crippen LogP contribution in [-0.2, 0) is 4.79 Å². The van der Waals surface area contributed by atoms with E-state index in [1.54, 1.807) is 0 Å². The first-order valence-electron chi connectivity index (χ1n) is 7.45. The fourth-order valence-electron chi connectivity index (χ4n) is 2.69. The Morgan fingerprint density at radius 3 is 2.85 bits per heavy atom. The first kappa shape index (κ1) is 15.0. The summed E-state index contributed by atoms with van der Waals surface area (Å²) in [5.74, 6) is 0.636. The monoisotopic (exact) mass is 276 g/mol. The van der Waals surface area contributed by atoms with Crippen molar-refractivity contribution in [3.05, 3.63) is 35.9 Å². The SMILES string of the molecule is O=C(CCC1CCCNC1)NC(CO)c1ccccc1. The second-order valence-corrected chi connectivity index (χ2v) is 5.46. The van der Waals surface area contributed by atoms with Gasteiger partial charge in [-0.05, 0) is 43.8 Å². The molecule has 1 amide bonds. The van der Waals surface area contributed by atoms with E-state index in [0.29, 0.717) is 12.3 Å². The van der Waals surface area contributed by atoms with Crippen molar-refractivity contribution >= 4 is 5.91 Å². The normalized spacial score (nSPS) is 20.4. The quantitative estimate of drug-likeness (QED) is 0.740. The van der Waals surface area contributed by atoms with Crippen LogP contribution in [0.5, 0.6) is 0 Å². The van der Waals surface area contributed by atoms with Gasteiger partial charge in [-0.3, -0.25) is 4.79 Å². The van der Waals surface area contributed by atoms with Crippen LogP contribution in [0, 0.1) is 5.92 Å². The summed E-state index contributed by atoms with van der Waals surface area (Å²) in [6, 6.07) is 9.30. The van der Waals surface area contributed by atoms with Crippen molar-refractivity contribution in [2.24, 2.45) is 5.92 Å². The molecule has 3 N–H and O–H groups in total. The average molecular weight is 276 g/mol. The van der Waals surface area contributed by atoms with E-state index in [9.17, 15) is 9.90 Å². The van der Waals surface area contributed by atoms with Crippen molar-refractivity contribution in [1.29, 1.82) is 0 Å². The molecular weight excluding hydrogens is 252 g/mol. The van der Waals surface area contributed by atoms with Crippen LogP contribution in [0.15, 0.2) is 30.3 Å². The van der Waals surface area contributed by atoms with Crippen molar-refractivity contribution in [2.45, 2.75) is 31.7 Å². The topological polar surface area (TPSA) is 61.4 Å². The summed E-state index contributed by atoms with van der Waals surface area (Å²) in [6.45, 7) is 2.05. The van der Waals surface area contributed by atoms with Gasteiger partial charge in [0.1, 0.15) is 0 Å². The van der Waals surface area contributed by atoms with E-state index in [-0.39, 0.29) is 18.6 Å². The minimum absolute atomic E-state index is 0.0264. The van der Waals surface area contributed by atoms with Crippen LogP contribution in [0.2, 0.25) is 0 Å². The minimum atomic E-state index is -0.298. The zero-order valence-electron chi connectivity index (χ0n) is 11.8. The number of hydrogen-bond donors (Lipinski definition) is 3. The van der Waals surface area contributed by atoms with Crippen LogP contribution in [0.3, 0.4) is 0 Å². The van der Waals surface area contributed by atoms with Crippen molar-refractivity contribution < 1.29 is 9.90 Å². The van der Waals surface area contributed by atoms with Gasteiger partial charge in [0.2, 0.25) is 5.91 Å². The summed E-state index contributed by atoms with van der Waals surface area (Å²) in [4.78, 5) is 12.0. The lowest BCUT2D eigenvalue weighted by Crippen LogP contribution is -2.33. The predicted octanol–water partition coefficient (Wildman–Crippen LogP) is 1.62. The molecule has 1 saturated heterocycles. The maximum absolute atomic E-state index is 12.0. The maximum atomic E-state index is 12.0. The number of rotatable bonds is 6. The van der Waals surface area contributed by atoms with Crippen molar-refractivity contribution in [2.75, 3.05) is 19.7 Å². The molecule has 0 saturated carbocycles. The lowest BCUT2D eigenvalue weighted by molar-refractivity contribution is -0.122. The molecule has 0 spiro atoms. The lowest BCUT2D eigenvalue weighted by Gasteiger charge is -2.23. The Morgan fingerprint density at radius 2 is 2.20 bits per heavy atom. The summed E-state index contributed by atoms with van der Waals surface area (Å²) < 4.78 is 0. The molecule has 0 aliphatic carbocycles. The van der Waals surface area contributed by atoms with Gasteiger partial charge >= 0.3 is 0 Å². The van der Waals surface area contributed by atoms with Crippen LogP contribution in [-0.4, -0.2) is 30.7 Å². The van der Waals surface area contributed by atoms with E-state index in [4.69, 9.17) is 0 Å². The molecule has 4 heteroatoms. The molecule has 1 aromatic carbocycles. The molecule has 1 heterocycles. The van der Waals surface area contributed by atoms with Crippen LogP contribution < -0.4 is 10.6 Å². The first-order chi connectivity index (χ1) is 9.79. The molecule has 0 bridgehead atoms. The number of amides is 1. The van der Waals surface area contributed by atoms with E-state index < -0.39 is 0 Å². The molecule has 4 nitrogen and oxygen atoms in total. The maximum Gasteiger partial charge on any atom is 0.220 e. The third kappa shape index (κ3) is 4.62.